The molecule has 0 unspecified atom stereocenters. The second kappa shape index (κ2) is 8.76. The third-order valence-electron chi connectivity index (χ3n) is 4.10. The van der Waals surface area contributed by atoms with Gasteiger partial charge in [0.15, 0.2) is 0 Å². The number of carbonyl (C=O) groups excluding carboxylic acids is 3. The molecule has 5 N–H and O–H groups in total. The van der Waals surface area contributed by atoms with Crippen molar-refractivity contribution in [3.8, 4) is 11.5 Å². The zero-order valence-corrected chi connectivity index (χ0v) is 15.1. The van der Waals surface area contributed by atoms with Gasteiger partial charge in [-0.05, 0) is 36.4 Å². The molecule has 2 aromatic carbocycles. The molecule has 0 aliphatic carbocycles. The quantitative estimate of drug-likeness (QED) is 0.581. The van der Waals surface area contributed by atoms with E-state index in [0.29, 0.717) is 43.4 Å². The largest absolute Gasteiger partial charge is 0.457 e. The number of carbonyl (C=O) groups is 3. The summed E-state index contributed by atoms with van der Waals surface area (Å²) in [7, 11) is 0. The van der Waals surface area contributed by atoms with E-state index in [1.807, 2.05) is 0 Å². The van der Waals surface area contributed by atoms with E-state index in [-0.39, 0.29) is 17.6 Å². The van der Waals surface area contributed by atoms with Gasteiger partial charge in [0.05, 0.1) is 5.56 Å². The van der Waals surface area contributed by atoms with Crippen molar-refractivity contribution in [2.45, 2.75) is 0 Å². The van der Waals surface area contributed by atoms with E-state index in [0.717, 1.165) is 0 Å². The first-order chi connectivity index (χ1) is 13.5. The van der Waals surface area contributed by atoms with Crippen molar-refractivity contribution >= 4 is 23.7 Å². The highest BCUT2D eigenvalue weighted by Crippen LogP contribution is 2.26. The van der Waals surface area contributed by atoms with Crippen molar-refractivity contribution in [1.82, 2.24) is 15.5 Å². The highest BCUT2D eigenvalue weighted by molar-refractivity contribution is 5.95. The van der Waals surface area contributed by atoms with Gasteiger partial charge in [-0.1, -0.05) is 12.1 Å². The topological polar surface area (TPSA) is 126 Å². The first-order valence-corrected chi connectivity index (χ1v) is 8.77. The molecule has 0 saturated carbocycles. The van der Waals surface area contributed by atoms with Crippen molar-refractivity contribution in [3.63, 3.8) is 0 Å². The summed E-state index contributed by atoms with van der Waals surface area (Å²) in [5.41, 5.74) is 6.20. The maximum Gasteiger partial charge on any atom is 0.319 e. The molecule has 9 nitrogen and oxygen atoms in total. The molecule has 0 atom stereocenters. The maximum atomic E-state index is 11.9. The molecule has 1 saturated heterocycles. The zero-order chi connectivity index (χ0) is 19.9. The summed E-state index contributed by atoms with van der Waals surface area (Å²) >= 11 is 0. The Bertz CT molecular complexity index is 869. The fourth-order valence-corrected chi connectivity index (χ4v) is 2.70. The average Bonchev–Trinajstić information content (AvgIpc) is 3.08. The van der Waals surface area contributed by atoms with Crippen molar-refractivity contribution < 1.29 is 19.1 Å². The van der Waals surface area contributed by atoms with Gasteiger partial charge in [-0.2, -0.15) is 0 Å². The number of amides is 5. The number of ether oxygens (including phenoxy) is 1. The molecule has 1 aliphatic rings. The first kappa shape index (κ1) is 19.0. The van der Waals surface area contributed by atoms with Gasteiger partial charge >= 0.3 is 12.1 Å². The van der Waals surface area contributed by atoms with E-state index in [1.165, 1.54) is 0 Å². The minimum absolute atomic E-state index is 0.115. The Morgan fingerprint density at radius 1 is 1.14 bits per heavy atom. The lowest BCUT2D eigenvalue weighted by Gasteiger charge is -2.14. The highest BCUT2D eigenvalue weighted by atomic mass is 16.5. The van der Waals surface area contributed by atoms with Crippen LogP contribution < -0.4 is 26.4 Å². The average molecular weight is 383 g/mol. The molecule has 3 rings (SSSR count). The monoisotopic (exact) mass is 383 g/mol. The molecule has 0 aromatic heterocycles. The van der Waals surface area contributed by atoms with E-state index in [9.17, 15) is 14.4 Å². The molecular formula is C19H21N5O4. The van der Waals surface area contributed by atoms with E-state index in [1.54, 1.807) is 53.4 Å². The molecule has 5 amide bonds. The van der Waals surface area contributed by atoms with Crippen molar-refractivity contribution in [2.75, 3.05) is 31.5 Å². The normalized spacial score (nSPS) is 13.0. The van der Waals surface area contributed by atoms with Gasteiger partial charge in [0.25, 0.3) is 5.91 Å². The minimum atomic E-state index is -0.572. The summed E-state index contributed by atoms with van der Waals surface area (Å²) in [6.07, 6.45) is 0. The lowest BCUT2D eigenvalue weighted by atomic mass is 10.2. The minimum Gasteiger partial charge on any atom is -0.457 e. The fraction of sp³-hybridized carbons (Fsp3) is 0.211. The predicted octanol–water partition coefficient (Wildman–Crippen LogP) is 1.72. The van der Waals surface area contributed by atoms with Crippen LogP contribution in [-0.2, 0) is 0 Å². The van der Waals surface area contributed by atoms with E-state index >= 15 is 0 Å². The number of anilines is 1. The zero-order valence-electron chi connectivity index (χ0n) is 15.1. The molecule has 2 aromatic rings. The molecular weight excluding hydrogens is 362 g/mol. The summed E-state index contributed by atoms with van der Waals surface area (Å²) in [5, 5.41) is 8.10. The van der Waals surface area contributed by atoms with Crippen LogP contribution in [0, 0.1) is 0 Å². The summed E-state index contributed by atoms with van der Waals surface area (Å²) in [4.78, 5) is 36.4. The number of nitrogens with one attached hydrogen (secondary N) is 3. The fourth-order valence-electron chi connectivity index (χ4n) is 2.70. The van der Waals surface area contributed by atoms with Crippen molar-refractivity contribution in [2.24, 2.45) is 5.73 Å². The number of hydrogen-bond acceptors (Lipinski definition) is 4. The predicted molar refractivity (Wildman–Crippen MR) is 103 cm³/mol. The number of urea groups is 2. The van der Waals surface area contributed by atoms with E-state index in [4.69, 9.17) is 10.5 Å². The summed E-state index contributed by atoms with van der Waals surface area (Å²) < 4.78 is 5.69. The van der Waals surface area contributed by atoms with Crippen LogP contribution in [0.3, 0.4) is 0 Å². The summed E-state index contributed by atoms with van der Waals surface area (Å²) in [5.74, 6) is 0.288. The van der Waals surface area contributed by atoms with Crippen LogP contribution in [0.1, 0.15) is 10.4 Å². The Balaban J connectivity index is 1.49. The lowest BCUT2D eigenvalue weighted by Crippen LogP contribution is -2.38. The third kappa shape index (κ3) is 4.91. The second-order valence-electron chi connectivity index (χ2n) is 6.09. The third-order valence-corrected chi connectivity index (χ3v) is 4.10. The number of nitrogens with zero attached hydrogens (tertiary/aromatic N) is 1. The number of rotatable bonds is 7. The Hall–Kier alpha value is -3.75. The second-order valence-corrected chi connectivity index (χ2v) is 6.09. The van der Waals surface area contributed by atoms with Gasteiger partial charge in [0.2, 0.25) is 0 Å². The maximum absolute atomic E-state index is 11.9. The molecule has 1 fully saturated rings. The van der Waals surface area contributed by atoms with Gasteiger partial charge in [-0.15, -0.1) is 0 Å². The number of nitrogens with two attached hydrogens (primary N) is 1. The van der Waals surface area contributed by atoms with Gasteiger partial charge in [0.1, 0.15) is 11.5 Å². The Morgan fingerprint density at radius 3 is 2.57 bits per heavy atom. The first-order valence-electron chi connectivity index (χ1n) is 8.77. The smallest absolute Gasteiger partial charge is 0.319 e. The van der Waals surface area contributed by atoms with Crippen LogP contribution in [0.25, 0.3) is 0 Å². The summed E-state index contributed by atoms with van der Waals surface area (Å²) in [6, 6.07) is 12.9. The Kier molecular flexibility index (Phi) is 5.95. The van der Waals surface area contributed by atoms with Crippen molar-refractivity contribution in [1.29, 1.82) is 0 Å². The van der Waals surface area contributed by atoms with Gasteiger partial charge in [-0.3, -0.25) is 4.79 Å². The summed E-state index contributed by atoms with van der Waals surface area (Å²) in [6.45, 7) is 2.07. The molecule has 1 heterocycles. The molecule has 0 bridgehead atoms. The van der Waals surface area contributed by atoms with Gasteiger partial charge in [-0.25, -0.2) is 9.59 Å². The number of para-hydroxylation sites is 1. The van der Waals surface area contributed by atoms with Crippen molar-refractivity contribution in [3.05, 3.63) is 54.1 Å². The lowest BCUT2D eigenvalue weighted by molar-refractivity contribution is 0.0998. The van der Waals surface area contributed by atoms with Crippen LogP contribution in [-0.4, -0.2) is 49.0 Å². The molecule has 1 aliphatic heterocycles. The standard InChI is InChI=1S/C19H21N5O4/c20-17(25)15-3-1-2-4-16(15)28-14-7-5-13(6-8-14)23-18(26)21-9-11-24-12-10-22-19(24)27/h1-8H,9-12H2,(H2,20,25)(H,22,27)(H2,21,23,26). The molecule has 9 heteroatoms. The molecule has 146 valence electrons. The van der Waals surface area contributed by atoms with Gasteiger partial charge < -0.3 is 31.3 Å². The Morgan fingerprint density at radius 2 is 1.89 bits per heavy atom. The van der Waals surface area contributed by atoms with Crippen LogP contribution in [0.4, 0.5) is 15.3 Å². The number of primary amides is 1. The Labute approximate surface area is 161 Å². The number of benzene rings is 2. The molecule has 0 spiro atoms. The van der Waals surface area contributed by atoms with E-state index in [2.05, 4.69) is 16.0 Å². The van der Waals surface area contributed by atoms with Crippen LogP contribution in [0.15, 0.2) is 48.5 Å². The SMILES string of the molecule is NC(=O)c1ccccc1Oc1ccc(NC(=O)NCCN2CCNC2=O)cc1. The van der Waals surface area contributed by atoms with Gasteiger partial charge in [0, 0.05) is 31.9 Å². The number of hydrogen-bond donors (Lipinski definition) is 4. The van der Waals surface area contributed by atoms with Crippen LogP contribution >= 0.6 is 0 Å². The van der Waals surface area contributed by atoms with Crippen LogP contribution in [0.2, 0.25) is 0 Å². The highest BCUT2D eigenvalue weighted by Gasteiger charge is 2.18. The molecule has 28 heavy (non-hydrogen) atoms. The molecule has 0 radical (unpaired) electrons. The van der Waals surface area contributed by atoms with E-state index < -0.39 is 5.91 Å². The van der Waals surface area contributed by atoms with Crippen LogP contribution in [0.5, 0.6) is 11.5 Å².